The molecule has 2 aromatic rings. The molecule has 0 aromatic heterocycles. The number of hydrogen-bond acceptors (Lipinski definition) is 6. The van der Waals surface area contributed by atoms with Gasteiger partial charge in [0.2, 0.25) is 5.75 Å². The second-order valence-corrected chi connectivity index (χ2v) is 6.00. The molecule has 0 aliphatic rings. The van der Waals surface area contributed by atoms with E-state index in [-0.39, 0.29) is 6.61 Å². The molecular formula is C22H25NO6. The van der Waals surface area contributed by atoms with Crippen LogP contribution in [-0.4, -0.2) is 39.8 Å². The predicted octanol–water partition coefficient (Wildman–Crippen LogP) is 3.47. The summed E-state index contributed by atoms with van der Waals surface area (Å²) < 4.78 is 20.8. The molecule has 7 nitrogen and oxygen atoms in total. The van der Waals surface area contributed by atoms with Crippen LogP contribution in [0.25, 0.3) is 6.08 Å². The Bertz CT molecular complexity index is 866. The standard InChI is InChI=1S/C22H25NO6/c1-5-15-7-6-8-17(11-15)23-20(24)14-29-21(25)10-9-16-12-18(26-2)22(28-4)19(13-16)27-3/h6-13H,5,14H2,1-4H3,(H,23,24). The monoisotopic (exact) mass is 399 g/mol. The Balaban J connectivity index is 1.94. The Kier molecular flexibility index (Phi) is 8.09. The van der Waals surface area contributed by atoms with E-state index in [4.69, 9.17) is 18.9 Å². The Morgan fingerprint density at radius 1 is 1.00 bits per heavy atom. The van der Waals surface area contributed by atoms with Crippen molar-refractivity contribution in [3.63, 3.8) is 0 Å². The van der Waals surface area contributed by atoms with Crippen molar-refractivity contribution in [2.75, 3.05) is 33.3 Å². The van der Waals surface area contributed by atoms with Crippen molar-refractivity contribution in [3.8, 4) is 17.2 Å². The lowest BCUT2D eigenvalue weighted by atomic mass is 10.1. The summed E-state index contributed by atoms with van der Waals surface area (Å²) in [4.78, 5) is 23.9. The van der Waals surface area contributed by atoms with Gasteiger partial charge in [0.05, 0.1) is 21.3 Å². The molecule has 0 saturated heterocycles. The first-order chi connectivity index (χ1) is 14.0. The average Bonchev–Trinajstić information content (AvgIpc) is 2.75. The number of ether oxygens (including phenoxy) is 4. The van der Waals surface area contributed by atoms with Gasteiger partial charge in [-0.15, -0.1) is 0 Å². The number of benzene rings is 2. The smallest absolute Gasteiger partial charge is 0.331 e. The van der Waals surface area contributed by atoms with Crippen molar-refractivity contribution in [1.29, 1.82) is 0 Å². The second kappa shape index (κ2) is 10.8. The van der Waals surface area contributed by atoms with E-state index in [0.717, 1.165) is 12.0 Å². The maximum Gasteiger partial charge on any atom is 0.331 e. The molecule has 0 saturated carbocycles. The van der Waals surface area contributed by atoms with Gasteiger partial charge < -0.3 is 24.3 Å². The lowest BCUT2D eigenvalue weighted by molar-refractivity contribution is -0.142. The number of rotatable bonds is 9. The Morgan fingerprint density at radius 3 is 2.28 bits per heavy atom. The first kappa shape index (κ1) is 21.8. The highest BCUT2D eigenvalue weighted by Gasteiger charge is 2.12. The van der Waals surface area contributed by atoms with E-state index in [9.17, 15) is 9.59 Å². The molecule has 29 heavy (non-hydrogen) atoms. The van der Waals surface area contributed by atoms with Crippen LogP contribution in [0, 0.1) is 0 Å². The molecule has 1 amide bonds. The van der Waals surface area contributed by atoms with E-state index in [1.165, 1.54) is 33.5 Å². The van der Waals surface area contributed by atoms with Crippen molar-refractivity contribution in [2.45, 2.75) is 13.3 Å². The quantitative estimate of drug-likeness (QED) is 0.514. The number of methoxy groups -OCH3 is 3. The molecule has 0 spiro atoms. The summed E-state index contributed by atoms with van der Waals surface area (Å²) in [7, 11) is 4.53. The highest BCUT2D eigenvalue weighted by Crippen LogP contribution is 2.38. The van der Waals surface area contributed by atoms with E-state index in [1.54, 1.807) is 18.2 Å². The molecule has 7 heteroatoms. The summed E-state index contributed by atoms with van der Waals surface area (Å²) in [5.74, 6) is 0.338. The largest absolute Gasteiger partial charge is 0.493 e. The van der Waals surface area contributed by atoms with Crippen LogP contribution in [0.1, 0.15) is 18.1 Å². The predicted molar refractivity (Wildman–Crippen MR) is 111 cm³/mol. The van der Waals surface area contributed by atoms with Crippen LogP contribution in [0.15, 0.2) is 42.5 Å². The van der Waals surface area contributed by atoms with Crippen molar-refractivity contribution in [3.05, 3.63) is 53.6 Å². The molecular weight excluding hydrogens is 374 g/mol. The number of aryl methyl sites for hydroxylation is 1. The lowest BCUT2D eigenvalue weighted by Crippen LogP contribution is -2.20. The fourth-order valence-corrected chi connectivity index (χ4v) is 2.61. The zero-order valence-electron chi connectivity index (χ0n) is 17.0. The molecule has 0 aliphatic carbocycles. The fourth-order valence-electron chi connectivity index (χ4n) is 2.61. The van der Waals surface area contributed by atoms with Gasteiger partial charge in [-0.1, -0.05) is 19.1 Å². The van der Waals surface area contributed by atoms with Gasteiger partial charge in [-0.05, 0) is 47.9 Å². The third-order valence-electron chi connectivity index (χ3n) is 4.06. The minimum atomic E-state index is -0.642. The van der Waals surface area contributed by atoms with Crippen molar-refractivity contribution >= 4 is 23.6 Å². The zero-order chi connectivity index (χ0) is 21.2. The molecule has 154 valence electrons. The van der Waals surface area contributed by atoms with Crippen molar-refractivity contribution < 1.29 is 28.5 Å². The molecule has 0 heterocycles. The molecule has 1 N–H and O–H groups in total. The van der Waals surface area contributed by atoms with E-state index in [0.29, 0.717) is 28.5 Å². The van der Waals surface area contributed by atoms with Crippen LogP contribution >= 0.6 is 0 Å². The van der Waals surface area contributed by atoms with Gasteiger partial charge in [-0.3, -0.25) is 4.79 Å². The molecule has 0 unspecified atom stereocenters. The molecule has 0 fully saturated rings. The number of anilines is 1. The summed E-state index contributed by atoms with van der Waals surface area (Å²) in [6, 6.07) is 10.9. The Morgan fingerprint density at radius 2 is 1.69 bits per heavy atom. The first-order valence-corrected chi connectivity index (χ1v) is 9.04. The van der Waals surface area contributed by atoms with Crippen molar-refractivity contribution in [2.24, 2.45) is 0 Å². The van der Waals surface area contributed by atoms with Gasteiger partial charge in [0.1, 0.15) is 0 Å². The molecule has 0 atom stereocenters. The molecule has 0 aliphatic heterocycles. The van der Waals surface area contributed by atoms with E-state index < -0.39 is 11.9 Å². The minimum Gasteiger partial charge on any atom is -0.493 e. The summed E-state index contributed by atoms with van der Waals surface area (Å²) in [6.45, 7) is 1.65. The maximum atomic E-state index is 12.0. The van der Waals surface area contributed by atoms with Gasteiger partial charge in [-0.25, -0.2) is 4.79 Å². The summed E-state index contributed by atoms with van der Waals surface area (Å²) >= 11 is 0. The lowest BCUT2D eigenvalue weighted by Gasteiger charge is -2.12. The van der Waals surface area contributed by atoms with Gasteiger partial charge in [0.25, 0.3) is 5.91 Å². The molecule has 0 bridgehead atoms. The topological polar surface area (TPSA) is 83.1 Å². The van der Waals surface area contributed by atoms with Gasteiger partial charge in [-0.2, -0.15) is 0 Å². The van der Waals surface area contributed by atoms with E-state index in [2.05, 4.69) is 5.32 Å². The van der Waals surface area contributed by atoms with Crippen LogP contribution in [-0.2, 0) is 20.7 Å². The average molecular weight is 399 g/mol. The third kappa shape index (κ3) is 6.27. The van der Waals surface area contributed by atoms with Gasteiger partial charge in [0.15, 0.2) is 18.1 Å². The molecule has 0 radical (unpaired) electrons. The summed E-state index contributed by atoms with van der Waals surface area (Å²) in [5, 5.41) is 2.70. The van der Waals surface area contributed by atoms with Crippen molar-refractivity contribution in [1.82, 2.24) is 0 Å². The van der Waals surface area contributed by atoms with Crippen LogP contribution in [0.2, 0.25) is 0 Å². The number of amides is 1. The number of hydrogen-bond donors (Lipinski definition) is 1. The maximum absolute atomic E-state index is 12.0. The summed E-state index contributed by atoms with van der Waals surface area (Å²) in [6.07, 6.45) is 3.63. The van der Waals surface area contributed by atoms with Crippen LogP contribution < -0.4 is 19.5 Å². The fraction of sp³-hybridized carbons (Fsp3) is 0.273. The number of esters is 1. The second-order valence-electron chi connectivity index (χ2n) is 6.00. The van der Waals surface area contributed by atoms with Gasteiger partial charge in [0, 0.05) is 11.8 Å². The normalized spacial score (nSPS) is 10.5. The zero-order valence-corrected chi connectivity index (χ0v) is 17.0. The number of carbonyl (C=O) groups is 2. The van der Waals surface area contributed by atoms with E-state index >= 15 is 0 Å². The van der Waals surface area contributed by atoms with Crippen LogP contribution in [0.4, 0.5) is 5.69 Å². The number of nitrogens with one attached hydrogen (secondary N) is 1. The number of carbonyl (C=O) groups excluding carboxylic acids is 2. The highest BCUT2D eigenvalue weighted by molar-refractivity contribution is 5.94. The van der Waals surface area contributed by atoms with Crippen LogP contribution in [0.3, 0.4) is 0 Å². The Hall–Kier alpha value is -3.48. The first-order valence-electron chi connectivity index (χ1n) is 9.04. The summed E-state index contributed by atoms with van der Waals surface area (Å²) in [5.41, 5.74) is 2.42. The molecule has 2 aromatic carbocycles. The Labute approximate surface area is 170 Å². The minimum absolute atomic E-state index is 0.380. The van der Waals surface area contributed by atoms with Crippen LogP contribution in [0.5, 0.6) is 17.2 Å². The van der Waals surface area contributed by atoms with Gasteiger partial charge >= 0.3 is 5.97 Å². The third-order valence-corrected chi connectivity index (χ3v) is 4.06. The SMILES string of the molecule is CCc1cccc(NC(=O)COC(=O)C=Cc2cc(OC)c(OC)c(OC)c2)c1. The molecule has 2 rings (SSSR count). The van der Waals surface area contributed by atoms with E-state index in [1.807, 2.05) is 25.1 Å². The highest BCUT2D eigenvalue weighted by atomic mass is 16.5.